The van der Waals surface area contributed by atoms with E-state index in [2.05, 4.69) is 22.1 Å². The fourth-order valence-electron chi connectivity index (χ4n) is 3.36. The van der Waals surface area contributed by atoms with Crippen LogP contribution in [0.25, 0.3) is 5.69 Å². The maximum absolute atomic E-state index is 11.9. The highest BCUT2D eigenvalue weighted by Crippen LogP contribution is 2.25. The van der Waals surface area contributed by atoms with Crippen molar-refractivity contribution in [3.8, 4) is 11.4 Å². The summed E-state index contributed by atoms with van der Waals surface area (Å²) in [6.45, 7) is 7.43. The highest BCUT2D eigenvalue weighted by Gasteiger charge is 2.21. The summed E-state index contributed by atoms with van der Waals surface area (Å²) in [6.07, 6.45) is 2.16. The minimum absolute atomic E-state index is 0.0273. The zero-order valence-corrected chi connectivity index (χ0v) is 15.7. The van der Waals surface area contributed by atoms with Gasteiger partial charge in [-0.3, -0.25) is 9.48 Å². The van der Waals surface area contributed by atoms with Crippen molar-refractivity contribution in [1.82, 2.24) is 24.5 Å². The number of Topliss-reactive ketones (excluding diaryl/α,β-unsaturated/α-hetero) is 1. The van der Waals surface area contributed by atoms with Crippen molar-refractivity contribution in [3.05, 3.63) is 53.4 Å². The molecule has 0 amide bonds. The molecular formula is C19H23N5O2. The zero-order valence-electron chi connectivity index (χ0n) is 15.7. The Balaban J connectivity index is 1.93. The van der Waals surface area contributed by atoms with Crippen LogP contribution in [0.1, 0.15) is 47.5 Å². The Hall–Kier alpha value is -2.96. The smallest absolute Gasteiger partial charge is 0.163 e. The van der Waals surface area contributed by atoms with Crippen LogP contribution in [-0.2, 0) is 6.42 Å². The number of hydrogen-bond donors (Lipinski definition) is 0. The maximum Gasteiger partial charge on any atom is 0.163 e. The number of benzene rings is 1. The number of aromatic nitrogens is 5. The lowest BCUT2D eigenvalue weighted by atomic mass is 10.1. The molecule has 0 aliphatic rings. The van der Waals surface area contributed by atoms with Gasteiger partial charge in [-0.05, 0) is 39.8 Å². The molecule has 7 nitrogen and oxygen atoms in total. The lowest BCUT2D eigenvalue weighted by Gasteiger charge is -2.16. The Morgan fingerprint density at radius 1 is 1.27 bits per heavy atom. The van der Waals surface area contributed by atoms with Crippen LogP contribution in [0.2, 0.25) is 0 Å². The summed E-state index contributed by atoms with van der Waals surface area (Å²) in [6, 6.07) is 7.72. The second-order valence-electron chi connectivity index (χ2n) is 6.36. The molecule has 3 rings (SSSR count). The van der Waals surface area contributed by atoms with Gasteiger partial charge in [0.05, 0.1) is 24.4 Å². The van der Waals surface area contributed by atoms with E-state index in [4.69, 9.17) is 4.74 Å². The predicted octanol–water partition coefficient (Wildman–Crippen LogP) is 3.10. The first-order valence-electron chi connectivity index (χ1n) is 8.53. The standard InChI is InChI=1S/C19H23N5O2/c1-12(23-14(3)19(15(4)25)13(2)22-23)10-18-20-11-21-24(18)16-8-6-7-9-17(16)26-5/h6-9,11-12H,10H2,1-5H3/t12-/m1/s1. The second kappa shape index (κ2) is 7.11. The molecule has 0 saturated carbocycles. The SMILES string of the molecule is COc1ccccc1-n1ncnc1C[C@@H](C)n1nc(C)c(C(C)=O)c1C. The third-order valence-electron chi connectivity index (χ3n) is 4.50. The van der Waals surface area contributed by atoms with E-state index in [9.17, 15) is 4.79 Å². The molecule has 1 atom stereocenters. The molecule has 0 N–H and O–H groups in total. The van der Waals surface area contributed by atoms with Crippen molar-refractivity contribution in [1.29, 1.82) is 0 Å². The van der Waals surface area contributed by atoms with Crippen LogP contribution < -0.4 is 4.74 Å². The van der Waals surface area contributed by atoms with Crippen LogP contribution in [0.15, 0.2) is 30.6 Å². The molecule has 1 aromatic carbocycles. The molecule has 26 heavy (non-hydrogen) atoms. The molecule has 0 spiro atoms. The van der Waals surface area contributed by atoms with Crippen LogP contribution in [0.4, 0.5) is 0 Å². The molecule has 0 saturated heterocycles. The summed E-state index contributed by atoms with van der Waals surface area (Å²) in [5.41, 5.74) is 3.18. The van der Waals surface area contributed by atoms with Gasteiger partial charge in [-0.25, -0.2) is 9.67 Å². The first kappa shape index (κ1) is 17.8. The second-order valence-corrected chi connectivity index (χ2v) is 6.36. The monoisotopic (exact) mass is 353 g/mol. The Kier molecular flexibility index (Phi) is 4.88. The lowest BCUT2D eigenvalue weighted by Crippen LogP contribution is -2.15. The van der Waals surface area contributed by atoms with E-state index in [0.717, 1.165) is 28.6 Å². The summed E-state index contributed by atoms with van der Waals surface area (Å²) in [5, 5.41) is 8.92. The van der Waals surface area contributed by atoms with Gasteiger partial charge >= 0.3 is 0 Å². The summed E-state index contributed by atoms with van der Waals surface area (Å²) in [4.78, 5) is 16.3. The van der Waals surface area contributed by atoms with E-state index in [1.807, 2.05) is 42.8 Å². The van der Waals surface area contributed by atoms with Crippen LogP contribution in [0.3, 0.4) is 0 Å². The topological polar surface area (TPSA) is 74.8 Å². The van der Waals surface area contributed by atoms with Gasteiger partial charge in [-0.1, -0.05) is 12.1 Å². The van der Waals surface area contributed by atoms with E-state index in [1.54, 1.807) is 18.7 Å². The third kappa shape index (κ3) is 3.12. The molecule has 2 heterocycles. The molecule has 0 radical (unpaired) electrons. The number of hydrogen-bond acceptors (Lipinski definition) is 5. The van der Waals surface area contributed by atoms with E-state index < -0.39 is 0 Å². The van der Waals surface area contributed by atoms with Crippen molar-refractivity contribution < 1.29 is 9.53 Å². The van der Waals surface area contributed by atoms with Crippen molar-refractivity contribution in [2.75, 3.05) is 7.11 Å². The first-order chi connectivity index (χ1) is 12.4. The van der Waals surface area contributed by atoms with Crippen LogP contribution in [-0.4, -0.2) is 37.4 Å². The van der Waals surface area contributed by atoms with Gasteiger partial charge in [0.15, 0.2) is 5.78 Å². The predicted molar refractivity (Wildman–Crippen MR) is 98.0 cm³/mol. The highest BCUT2D eigenvalue weighted by molar-refractivity contribution is 5.96. The van der Waals surface area contributed by atoms with Crippen LogP contribution >= 0.6 is 0 Å². The Bertz CT molecular complexity index is 941. The molecule has 0 fully saturated rings. The lowest BCUT2D eigenvalue weighted by molar-refractivity contribution is 0.101. The molecule has 0 bridgehead atoms. The van der Waals surface area contributed by atoms with Gasteiger partial charge in [0, 0.05) is 12.1 Å². The molecule has 136 valence electrons. The fourth-order valence-corrected chi connectivity index (χ4v) is 3.36. The van der Waals surface area contributed by atoms with Crippen molar-refractivity contribution in [2.45, 2.75) is 40.2 Å². The number of carbonyl (C=O) groups is 1. The Labute approximate surface area is 152 Å². The molecular weight excluding hydrogens is 330 g/mol. The Morgan fingerprint density at radius 3 is 2.65 bits per heavy atom. The molecule has 0 aliphatic heterocycles. The number of methoxy groups -OCH3 is 1. The third-order valence-corrected chi connectivity index (χ3v) is 4.50. The summed E-state index contributed by atoms with van der Waals surface area (Å²) in [7, 11) is 1.64. The van der Waals surface area contributed by atoms with E-state index in [-0.39, 0.29) is 11.8 Å². The average Bonchev–Trinajstić information content (AvgIpc) is 3.18. The Morgan fingerprint density at radius 2 is 2.00 bits per heavy atom. The van der Waals surface area contributed by atoms with Crippen LogP contribution in [0.5, 0.6) is 5.75 Å². The average molecular weight is 353 g/mol. The molecule has 2 aromatic heterocycles. The quantitative estimate of drug-likeness (QED) is 0.637. The van der Waals surface area contributed by atoms with Gasteiger partial charge in [-0.2, -0.15) is 10.2 Å². The van der Waals surface area contributed by atoms with Gasteiger partial charge in [0.25, 0.3) is 0 Å². The van der Waals surface area contributed by atoms with E-state index in [1.165, 1.54) is 6.33 Å². The zero-order chi connectivity index (χ0) is 18.8. The number of nitrogens with zero attached hydrogens (tertiary/aromatic N) is 5. The van der Waals surface area contributed by atoms with Crippen molar-refractivity contribution in [2.24, 2.45) is 0 Å². The van der Waals surface area contributed by atoms with E-state index in [0.29, 0.717) is 12.0 Å². The minimum atomic E-state index is 0.0273. The number of ketones is 1. The number of para-hydroxylation sites is 2. The number of carbonyl (C=O) groups excluding carboxylic acids is 1. The van der Waals surface area contributed by atoms with Gasteiger partial charge in [0.2, 0.25) is 0 Å². The number of rotatable bonds is 6. The van der Waals surface area contributed by atoms with Gasteiger partial charge < -0.3 is 4.74 Å². The number of aryl methyl sites for hydroxylation is 1. The first-order valence-corrected chi connectivity index (χ1v) is 8.53. The van der Waals surface area contributed by atoms with Crippen LogP contribution in [0, 0.1) is 13.8 Å². The molecule has 0 unspecified atom stereocenters. The normalized spacial score (nSPS) is 12.2. The maximum atomic E-state index is 11.9. The van der Waals surface area contributed by atoms with Gasteiger partial charge in [-0.15, -0.1) is 0 Å². The number of ether oxygens (including phenoxy) is 1. The highest BCUT2D eigenvalue weighted by atomic mass is 16.5. The molecule has 7 heteroatoms. The van der Waals surface area contributed by atoms with Gasteiger partial charge in [0.1, 0.15) is 23.6 Å². The summed E-state index contributed by atoms with van der Waals surface area (Å²) in [5.74, 6) is 1.58. The summed E-state index contributed by atoms with van der Waals surface area (Å²) < 4.78 is 9.12. The molecule has 0 aliphatic carbocycles. The summed E-state index contributed by atoms with van der Waals surface area (Å²) >= 11 is 0. The van der Waals surface area contributed by atoms with E-state index >= 15 is 0 Å². The largest absolute Gasteiger partial charge is 0.494 e. The molecule has 3 aromatic rings. The minimum Gasteiger partial charge on any atom is -0.494 e. The van der Waals surface area contributed by atoms with Crippen molar-refractivity contribution >= 4 is 5.78 Å². The fraction of sp³-hybridized carbons (Fsp3) is 0.368. The van der Waals surface area contributed by atoms with Crippen molar-refractivity contribution in [3.63, 3.8) is 0 Å².